The summed E-state index contributed by atoms with van der Waals surface area (Å²) in [6.07, 6.45) is 8.87. The summed E-state index contributed by atoms with van der Waals surface area (Å²) in [7, 11) is 0. The molecular formula is C28H33F2N5O2. The van der Waals surface area contributed by atoms with Gasteiger partial charge in [0, 0.05) is 36.1 Å². The molecule has 2 atom stereocenters. The van der Waals surface area contributed by atoms with Crippen LogP contribution in [0.2, 0.25) is 0 Å². The number of nitrogens with one attached hydrogen (secondary N) is 1. The molecule has 0 spiro atoms. The van der Waals surface area contributed by atoms with Gasteiger partial charge in [0.1, 0.15) is 12.1 Å². The van der Waals surface area contributed by atoms with Gasteiger partial charge in [-0.3, -0.25) is 24.4 Å². The van der Waals surface area contributed by atoms with Crippen LogP contribution >= 0.6 is 0 Å². The lowest BCUT2D eigenvalue weighted by atomic mass is 9.94. The number of halogens is 2. The normalized spacial score (nSPS) is 20.3. The Hall–Kier alpha value is -3.54. The molecule has 1 aliphatic carbocycles. The van der Waals surface area contributed by atoms with E-state index in [0.29, 0.717) is 11.3 Å². The zero-order valence-electron chi connectivity index (χ0n) is 21.2. The number of aromatic nitrogens is 1. The summed E-state index contributed by atoms with van der Waals surface area (Å²) in [5.41, 5.74) is 1.90. The van der Waals surface area contributed by atoms with Crippen molar-refractivity contribution in [3.05, 3.63) is 59.9 Å². The van der Waals surface area contributed by atoms with Gasteiger partial charge in [-0.2, -0.15) is 5.26 Å². The number of likely N-dealkylation sites (tertiary alicyclic amines) is 1. The minimum atomic E-state index is -3.18. The van der Waals surface area contributed by atoms with Crippen molar-refractivity contribution in [1.82, 2.24) is 15.2 Å². The number of anilines is 1. The first-order chi connectivity index (χ1) is 17.7. The van der Waals surface area contributed by atoms with Crippen LogP contribution in [0, 0.1) is 11.5 Å². The predicted molar refractivity (Wildman–Crippen MR) is 136 cm³/mol. The molecule has 2 aromatic rings. The molecule has 37 heavy (non-hydrogen) atoms. The molecule has 1 aromatic heterocycles. The highest BCUT2D eigenvalue weighted by Gasteiger charge is 2.50. The maximum Gasteiger partial charge on any atom is 0.268 e. The molecule has 1 saturated carbocycles. The van der Waals surface area contributed by atoms with Crippen molar-refractivity contribution < 1.29 is 18.4 Å². The summed E-state index contributed by atoms with van der Waals surface area (Å²) < 4.78 is 28.7. The number of hydrogen-bond acceptors (Lipinski definition) is 5. The van der Waals surface area contributed by atoms with Gasteiger partial charge >= 0.3 is 0 Å². The average Bonchev–Trinajstić information content (AvgIpc) is 3.22. The predicted octanol–water partition coefficient (Wildman–Crippen LogP) is 4.92. The van der Waals surface area contributed by atoms with Crippen molar-refractivity contribution in [2.45, 2.75) is 82.3 Å². The maximum absolute atomic E-state index is 14.3. The van der Waals surface area contributed by atoms with Gasteiger partial charge < -0.3 is 5.32 Å². The van der Waals surface area contributed by atoms with E-state index in [0.717, 1.165) is 42.6 Å². The van der Waals surface area contributed by atoms with E-state index in [9.17, 15) is 23.6 Å². The van der Waals surface area contributed by atoms with Crippen LogP contribution in [-0.2, 0) is 9.59 Å². The van der Waals surface area contributed by atoms with Crippen molar-refractivity contribution >= 4 is 17.5 Å². The van der Waals surface area contributed by atoms with E-state index < -0.39 is 42.8 Å². The van der Waals surface area contributed by atoms with E-state index >= 15 is 0 Å². The summed E-state index contributed by atoms with van der Waals surface area (Å²) in [4.78, 5) is 34.1. The molecule has 1 saturated heterocycles. The van der Waals surface area contributed by atoms with Crippen LogP contribution < -0.4 is 10.2 Å². The highest BCUT2D eigenvalue weighted by atomic mass is 19.3. The van der Waals surface area contributed by atoms with Gasteiger partial charge in [-0.1, -0.05) is 51.3 Å². The molecule has 0 bridgehead atoms. The van der Waals surface area contributed by atoms with E-state index in [-0.39, 0.29) is 12.0 Å². The largest absolute Gasteiger partial charge is 0.351 e. The molecule has 2 aliphatic rings. The number of nitrogens with zero attached hydrogens (tertiary/aromatic N) is 4. The summed E-state index contributed by atoms with van der Waals surface area (Å²) in [5.74, 6) is -4.06. The molecule has 2 amide bonds. The Bertz CT molecular complexity index is 1130. The molecule has 2 heterocycles. The molecule has 1 aliphatic heterocycles. The number of carbonyl (C=O) groups is 2. The Labute approximate surface area is 216 Å². The van der Waals surface area contributed by atoms with Gasteiger partial charge in [0.15, 0.2) is 6.19 Å². The molecule has 1 aromatic carbocycles. The first-order valence-electron chi connectivity index (χ1n) is 12.9. The quantitative estimate of drug-likeness (QED) is 0.535. The van der Waals surface area contributed by atoms with Crippen molar-refractivity contribution in [3.8, 4) is 6.19 Å². The number of nitriles is 1. The number of hydrogen-bond donors (Lipinski definition) is 1. The highest BCUT2D eigenvalue weighted by molar-refractivity contribution is 6.04. The highest BCUT2D eigenvalue weighted by Crippen LogP contribution is 2.36. The Morgan fingerprint density at radius 3 is 2.43 bits per heavy atom. The molecule has 1 unspecified atom stereocenters. The summed E-state index contributed by atoms with van der Waals surface area (Å²) in [6.45, 7) is 3.25. The Kier molecular flexibility index (Phi) is 8.06. The monoisotopic (exact) mass is 509 g/mol. The van der Waals surface area contributed by atoms with Gasteiger partial charge in [-0.15, -0.1) is 0 Å². The van der Waals surface area contributed by atoms with E-state index in [1.807, 2.05) is 26.0 Å². The molecule has 0 radical (unpaired) electrons. The van der Waals surface area contributed by atoms with E-state index in [1.165, 1.54) is 11.1 Å². The Morgan fingerprint density at radius 1 is 1.14 bits per heavy atom. The Balaban J connectivity index is 1.78. The van der Waals surface area contributed by atoms with Crippen LogP contribution in [0.15, 0.2) is 48.8 Å². The van der Waals surface area contributed by atoms with Crippen LogP contribution in [-0.4, -0.2) is 46.2 Å². The third-order valence-corrected chi connectivity index (χ3v) is 7.22. The summed E-state index contributed by atoms with van der Waals surface area (Å²) in [5, 5.41) is 12.6. The fourth-order valence-electron chi connectivity index (χ4n) is 5.21. The second-order valence-electron chi connectivity index (χ2n) is 10.3. The average molecular weight is 510 g/mol. The molecule has 4 rings (SSSR count). The second-order valence-corrected chi connectivity index (χ2v) is 10.3. The van der Waals surface area contributed by atoms with Gasteiger partial charge in [0.2, 0.25) is 5.91 Å². The Morgan fingerprint density at radius 2 is 1.84 bits per heavy atom. The zero-order valence-corrected chi connectivity index (χ0v) is 21.2. The summed E-state index contributed by atoms with van der Waals surface area (Å²) >= 11 is 0. The first kappa shape index (κ1) is 26.5. The van der Waals surface area contributed by atoms with Crippen molar-refractivity contribution in [1.29, 1.82) is 5.26 Å². The van der Waals surface area contributed by atoms with Crippen LogP contribution in [0.1, 0.15) is 75.5 Å². The molecule has 1 N–H and O–H groups in total. The molecule has 7 nitrogen and oxygen atoms in total. The zero-order chi connectivity index (χ0) is 26.6. The van der Waals surface area contributed by atoms with Gasteiger partial charge in [0.25, 0.3) is 11.8 Å². The first-order valence-corrected chi connectivity index (χ1v) is 12.9. The van der Waals surface area contributed by atoms with Crippen LogP contribution in [0.25, 0.3) is 0 Å². The smallest absolute Gasteiger partial charge is 0.268 e. The summed E-state index contributed by atoms with van der Waals surface area (Å²) in [6, 6.07) is 8.03. The lowest BCUT2D eigenvalue weighted by molar-refractivity contribution is -0.128. The van der Waals surface area contributed by atoms with E-state index in [1.54, 1.807) is 36.7 Å². The number of pyridine rings is 1. The fraction of sp³-hybridized carbons (Fsp3) is 0.500. The number of alkyl halides is 2. The standard InChI is InChI=1S/C28H33F2N5O2/c1-19(2)20-10-12-23(13-11-20)35(27(37)24-15-28(29,30)17-34(24)18-31)25(21-7-6-14-32-16-21)26(36)33-22-8-4-3-5-9-22/h6-7,10-14,16,19,22,24-25H,3-5,8-9,15,17H2,1-2H3,(H,33,36)/t24-,25?/m1/s1. The number of benzene rings is 1. The SMILES string of the molecule is CC(C)c1ccc(N(C(=O)[C@H]2CC(F)(F)CN2C#N)C(C(=O)NC2CCCCC2)c2cccnc2)cc1. The van der Waals surface area contributed by atoms with Crippen LogP contribution in [0.4, 0.5) is 14.5 Å². The van der Waals surface area contributed by atoms with Gasteiger partial charge in [-0.05, 0) is 42.5 Å². The topological polar surface area (TPSA) is 89.3 Å². The second kappa shape index (κ2) is 11.2. The molecular weight excluding hydrogens is 476 g/mol. The molecule has 9 heteroatoms. The third kappa shape index (κ3) is 6.07. The maximum atomic E-state index is 14.3. The number of rotatable bonds is 7. The van der Waals surface area contributed by atoms with Gasteiger partial charge in [-0.25, -0.2) is 8.78 Å². The van der Waals surface area contributed by atoms with Crippen LogP contribution in [0.3, 0.4) is 0 Å². The molecule has 196 valence electrons. The van der Waals surface area contributed by atoms with Crippen molar-refractivity contribution in [3.63, 3.8) is 0 Å². The van der Waals surface area contributed by atoms with E-state index in [2.05, 4.69) is 10.3 Å². The van der Waals surface area contributed by atoms with Crippen LogP contribution in [0.5, 0.6) is 0 Å². The number of amides is 2. The lowest BCUT2D eigenvalue weighted by Gasteiger charge is -2.35. The van der Waals surface area contributed by atoms with E-state index in [4.69, 9.17) is 0 Å². The molecule has 2 fully saturated rings. The van der Waals surface area contributed by atoms with Crippen molar-refractivity contribution in [2.24, 2.45) is 0 Å². The third-order valence-electron chi connectivity index (χ3n) is 7.22. The number of carbonyl (C=O) groups excluding carboxylic acids is 2. The minimum absolute atomic E-state index is 0.0212. The van der Waals surface area contributed by atoms with Crippen molar-refractivity contribution in [2.75, 3.05) is 11.4 Å². The lowest BCUT2D eigenvalue weighted by Crippen LogP contribution is -2.51. The van der Waals surface area contributed by atoms with Gasteiger partial charge in [0.05, 0.1) is 6.54 Å². The fourth-order valence-corrected chi connectivity index (χ4v) is 5.21. The minimum Gasteiger partial charge on any atom is -0.351 e.